The lowest BCUT2D eigenvalue weighted by molar-refractivity contribution is 0.0843. The van der Waals surface area contributed by atoms with Crippen LogP contribution in [0.2, 0.25) is 0 Å². The number of morpholine rings is 1. The van der Waals surface area contributed by atoms with E-state index in [1.165, 1.54) is 16.0 Å². The number of hydrazine groups is 1. The van der Waals surface area contributed by atoms with Crippen LogP contribution in [0.15, 0.2) is 6.07 Å². The van der Waals surface area contributed by atoms with Gasteiger partial charge in [0.15, 0.2) is 5.13 Å². The summed E-state index contributed by atoms with van der Waals surface area (Å²) in [5.74, 6) is -0.811. The van der Waals surface area contributed by atoms with E-state index in [1.807, 2.05) is 0 Å². The molecule has 2 N–H and O–H groups in total. The summed E-state index contributed by atoms with van der Waals surface area (Å²) in [7, 11) is 1.67. The minimum absolute atomic E-state index is 0.368. The summed E-state index contributed by atoms with van der Waals surface area (Å²) < 4.78 is 6.79. The van der Waals surface area contributed by atoms with Gasteiger partial charge in [-0.05, 0) is 19.9 Å². The molecule has 1 aliphatic rings. The van der Waals surface area contributed by atoms with Crippen molar-refractivity contribution >= 4 is 28.3 Å². The third kappa shape index (κ3) is 3.80. The molecule has 1 fully saturated rings. The van der Waals surface area contributed by atoms with Gasteiger partial charge in [-0.2, -0.15) is 5.10 Å². The average molecular weight is 364 g/mol. The van der Waals surface area contributed by atoms with E-state index < -0.39 is 5.91 Å². The Morgan fingerprint density at radius 1 is 1.20 bits per heavy atom. The van der Waals surface area contributed by atoms with Crippen LogP contribution in [0, 0.1) is 13.8 Å². The summed E-state index contributed by atoms with van der Waals surface area (Å²) >= 11 is 1.31. The lowest BCUT2D eigenvalue weighted by atomic mass is 10.3. The monoisotopic (exact) mass is 364 g/mol. The first-order valence-corrected chi connectivity index (χ1v) is 8.69. The summed E-state index contributed by atoms with van der Waals surface area (Å²) in [4.78, 5) is 31.5. The molecule has 2 aromatic heterocycles. The summed E-state index contributed by atoms with van der Waals surface area (Å²) in [6.45, 7) is 6.39. The Hall–Kier alpha value is -2.46. The van der Waals surface area contributed by atoms with Crippen molar-refractivity contribution in [2.24, 2.45) is 7.05 Å². The van der Waals surface area contributed by atoms with E-state index >= 15 is 0 Å². The lowest BCUT2D eigenvalue weighted by Crippen LogP contribution is -2.42. The zero-order chi connectivity index (χ0) is 18.0. The zero-order valence-electron chi connectivity index (χ0n) is 14.3. The highest BCUT2D eigenvalue weighted by Crippen LogP contribution is 2.26. The minimum Gasteiger partial charge on any atom is -0.378 e. The summed E-state index contributed by atoms with van der Waals surface area (Å²) in [6, 6.07) is 1.65. The standard InChI is InChI=1S/C15H20N6O3S/c1-9-8-11(20(3)19-9)13(22)17-18-14(23)12-10(2)16-15(25-12)21-4-6-24-7-5-21/h8H,4-7H2,1-3H3,(H,17,22)(H,18,23). The molecular formula is C15H20N6O3S. The second-order valence-corrected chi connectivity index (χ2v) is 6.69. The van der Waals surface area contributed by atoms with E-state index in [1.54, 1.807) is 27.0 Å². The quantitative estimate of drug-likeness (QED) is 0.765. The number of carbonyl (C=O) groups is 2. The molecule has 0 radical (unpaired) electrons. The number of hydrogen-bond acceptors (Lipinski definition) is 7. The van der Waals surface area contributed by atoms with Crippen molar-refractivity contribution < 1.29 is 14.3 Å². The number of ether oxygens (including phenoxy) is 1. The van der Waals surface area contributed by atoms with Crippen molar-refractivity contribution in [1.82, 2.24) is 25.6 Å². The maximum Gasteiger partial charge on any atom is 0.287 e. The first-order chi connectivity index (χ1) is 12.0. The van der Waals surface area contributed by atoms with Gasteiger partial charge in [-0.1, -0.05) is 11.3 Å². The van der Waals surface area contributed by atoms with Crippen LogP contribution < -0.4 is 15.8 Å². The number of thiazole rings is 1. The Labute approximate surface area is 149 Å². The Balaban J connectivity index is 1.64. The van der Waals surface area contributed by atoms with E-state index in [2.05, 4.69) is 25.8 Å². The molecule has 2 amide bonds. The second-order valence-electron chi connectivity index (χ2n) is 5.71. The molecule has 0 aromatic carbocycles. The predicted molar refractivity (Wildman–Crippen MR) is 92.8 cm³/mol. The van der Waals surface area contributed by atoms with Crippen LogP contribution in [-0.2, 0) is 11.8 Å². The zero-order valence-corrected chi connectivity index (χ0v) is 15.1. The highest BCUT2D eigenvalue weighted by Gasteiger charge is 2.21. The van der Waals surface area contributed by atoms with Crippen molar-refractivity contribution in [3.05, 3.63) is 28.0 Å². The fourth-order valence-corrected chi connectivity index (χ4v) is 3.55. The van der Waals surface area contributed by atoms with Gasteiger partial charge >= 0.3 is 0 Å². The topological polar surface area (TPSA) is 101 Å². The van der Waals surface area contributed by atoms with Gasteiger partial charge in [-0.3, -0.25) is 25.1 Å². The Morgan fingerprint density at radius 2 is 1.88 bits per heavy atom. The fraction of sp³-hybridized carbons (Fsp3) is 0.467. The molecule has 1 saturated heterocycles. The van der Waals surface area contributed by atoms with Crippen molar-refractivity contribution in [3.63, 3.8) is 0 Å². The molecule has 2 aromatic rings. The van der Waals surface area contributed by atoms with Gasteiger partial charge in [0.1, 0.15) is 10.6 Å². The van der Waals surface area contributed by atoms with Crippen LogP contribution in [0.3, 0.4) is 0 Å². The van der Waals surface area contributed by atoms with Crippen molar-refractivity contribution in [2.45, 2.75) is 13.8 Å². The van der Waals surface area contributed by atoms with Crippen LogP contribution >= 0.6 is 11.3 Å². The molecule has 10 heteroatoms. The van der Waals surface area contributed by atoms with E-state index in [-0.39, 0.29) is 5.91 Å². The molecule has 9 nitrogen and oxygen atoms in total. The van der Waals surface area contributed by atoms with Crippen LogP contribution in [-0.4, -0.2) is 52.9 Å². The van der Waals surface area contributed by atoms with Crippen molar-refractivity contribution in [1.29, 1.82) is 0 Å². The molecule has 134 valence electrons. The lowest BCUT2D eigenvalue weighted by Gasteiger charge is -2.25. The number of nitrogens with zero attached hydrogens (tertiary/aromatic N) is 4. The number of anilines is 1. The van der Waals surface area contributed by atoms with Gasteiger partial charge in [0.2, 0.25) is 0 Å². The number of nitrogens with one attached hydrogen (secondary N) is 2. The molecular weight excluding hydrogens is 344 g/mol. The van der Waals surface area contributed by atoms with Gasteiger partial charge in [0.25, 0.3) is 11.8 Å². The fourth-order valence-electron chi connectivity index (χ4n) is 2.54. The van der Waals surface area contributed by atoms with E-state index in [0.29, 0.717) is 29.5 Å². The van der Waals surface area contributed by atoms with Crippen LogP contribution in [0.5, 0.6) is 0 Å². The molecule has 0 atom stereocenters. The average Bonchev–Trinajstić information content (AvgIpc) is 3.15. The van der Waals surface area contributed by atoms with E-state index in [4.69, 9.17) is 4.74 Å². The number of amides is 2. The summed E-state index contributed by atoms with van der Waals surface area (Å²) in [5, 5.41) is 4.90. The number of aryl methyl sites for hydroxylation is 3. The molecule has 3 rings (SSSR count). The van der Waals surface area contributed by atoms with E-state index in [0.717, 1.165) is 23.9 Å². The van der Waals surface area contributed by atoms with E-state index in [9.17, 15) is 9.59 Å². The summed E-state index contributed by atoms with van der Waals surface area (Å²) in [6.07, 6.45) is 0. The summed E-state index contributed by atoms with van der Waals surface area (Å²) in [5.41, 5.74) is 6.58. The number of rotatable bonds is 3. The molecule has 0 aliphatic carbocycles. The first-order valence-electron chi connectivity index (χ1n) is 7.87. The van der Waals surface area contributed by atoms with Gasteiger partial charge < -0.3 is 9.64 Å². The molecule has 0 bridgehead atoms. The molecule has 0 unspecified atom stereocenters. The molecule has 3 heterocycles. The molecule has 0 spiro atoms. The van der Waals surface area contributed by atoms with Gasteiger partial charge in [0, 0.05) is 20.1 Å². The Morgan fingerprint density at radius 3 is 2.52 bits per heavy atom. The SMILES string of the molecule is Cc1cc(C(=O)NNC(=O)c2sc(N3CCOCC3)nc2C)n(C)n1. The number of aromatic nitrogens is 3. The first kappa shape index (κ1) is 17.4. The second kappa shape index (κ2) is 7.19. The number of hydrogen-bond donors (Lipinski definition) is 2. The maximum absolute atomic E-state index is 12.4. The van der Waals surface area contributed by atoms with Gasteiger partial charge in [0.05, 0.1) is 24.6 Å². The Bertz CT molecular complexity index is 793. The maximum atomic E-state index is 12.4. The minimum atomic E-state index is -0.424. The smallest absolute Gasteiger partial charge is 0.287 e. The third-order valence-corrected chi connectivity index (χ3v) is 5.01. The van der Waals surface area contributed by atoms with Crippen molar-refractivity contribution in [3.8, 4) is 0 Å². The van der Waals surface area contributed by atoms with Crippen LogP contribution in [0.4, 0.5) is 5.13 Å². The van der Waals surface area contributed by atoms with Gasteiger partial charge in [-0.25, -0.2) is 4.98 Å². The van der Waals surface area contributed by atoms with Crippen molar-refractivity contribution in [2.75, 3.05) is 31.2 Å². The molecule has 0 saturated carbocycles. The highest BCUT2D eigenvalue weighted by atomic mass is 32.1. The number of carbonyl (C=O) groups excluding carboxylic acids is 2. The molecule has 25 heavy (non-hydrogen) atoms. The van der Waals surface area contributed by atoms with Crippen LogP contribution in [0.1, 0.15) is 31.5 Å². The molecule has 1 aliphatic heterocycles. The predicted octanol–water partition coefficient (Wildman–Crippen LogP) is 0.405. The van der Waals surface area contributed by atoms with Crippen LogP contribution in [0.25, 0.3) is 0 Å². The normalized spacial score (nSPS) is 14.4. The van der Waals surface area contributed by atoms with Gasteiger partial charge in [-0.15, -0.1) is 0 Å². The highest BCUT2D eigenvalue weighted by molar-refractivity contribution is 7.17. The Kier molecular flexibility index (Phi) is 5.00. The largest absolute Gasteiger partial charge is 0.378 e. The third-order valence-electron chi connectivity index (χ3n) is 3.80.